The molecule has 0 heterocycles. The van der Waals surface area contributed by atoms with Crippen molar-refractivity contribution in [2.75, 3.05) is 0 Å². The molecule has 0 unspecified atom stereocenters. The maximum absolute atomic E-state index is 11.4. The van der Waals surface area contributed by atoms with Gasteiger partial charge in [0.2, 0.25) is 0 Å². The van der Waals surface area contributed by atoms with Crippen LogP contribution in [0.25, 0.3) is 0 Å². The molecule has 0 saturated carbocycles. The van der Waals surface area contributed by atoms with E-state index in [1.165, 1.54) is 12.8 Å². The van der Waals surface area contributed by atoms with E-state index in [1.54, 1.807) is 0 Å². The summed E-state index contributed by atoms with van der Waals surface area (Å²) in [6, 6.07) is 0. The van der Waals surface area contributed by atoms with E-state index in [0.29, 0.717) is 6.42 Å². The van der Waals surface area contributed by atoms with Crippen LogP contribution in [0.3, 0.4) is 0 Å². The van der Waals surface area contributed by atoms with Crippen molar-refractivity contribution in [2.24, 2.45) is 0 Å². The number of ether oxygens (including phenoxy) is 1. The molecule has 0 aromatic rings. The van der Waals surface area contributed by atoms with Gasteiger partial charge in [0.05, 0.1) is 12.5 Å². The highest BCUT2D eigenvalue weighted by Gasteiger charge is 2.18. The molecule has 3 heteroatoms. The fourth-order valence-electron chi connectivity index (χ4n) is 1.48. The lowest BCUT2D eigenvalue weighted by Crippen LogP contribution is -2.26. The van der Waals surface area contributed by atoms with Crippen molar-refractivity contribution in [3.8, 4) is 0 Å². The van der Waals surface area contributed by atoms with Crippen molar-refractivity contribution in [2.45, 2.75) is 77.9 Å². The van der Waals surface area contributed by atoms with Gasteiger partial charge in [-0.25, -0.2) is 0 Å². The summed E-state index contributed by atoms with van der Waals surface area (Å²) in [5.41, 5.74) is -0.459. The molecule has 1 atom stereocenters. The first-order chi connectivity index (χ1) is 7.35. The number of unbranched alkanes of at least 4 members (excludes halogenated alkanes) is 3. The third-order valence-electron chi connectivity index (χ3n) is 2.21. The van der Waals surface area contributed by atoms with Crippen LogP contribution in [-0.4, -0.2) is 22.8 Å². The quantitative estimate of drug-likeness (QED) is 0.540. The van der Waals surface area contributed by atoms with Gasteiger partial charge in [0.1, 0.15) is 5.60 Å². The van der Waals surface area contributed by atoms with Crippen LogP contribution in [0.1, 0.15) is 66.2 Å². The van der Waals surface area contributed by atoms with Gasteiger partial charge in [-0.2, -0.15) is 0 Å². The zero-order valence-electron chi connectivity index (χ0n) is 11.1. The molecular formula is C13H26O3. The van der Waals surface area contributed by atoms with Crippen LogP contribution in [0.5, 0.6) is 0 Å². The van der Waals surface area contributed by atoms with Gasteiger partial charge in [-0.1, -0.05) is 32.6 Å². The minimum absolute atomic E-state index is 0.114. The van der Waals surface area contributed by atoms with E-state index in [-0.39, 0.29) is 12.4 Å². The largest absolute Gasteiger partial charge is 0.460 e. The van der Waals surface area contributed by atoms with Crippen molar-refractivity contribution in [3.63, 3.8) is 0 Å². The van der Waals surface area contributed by atoms with Gasteiger partial charge in [0.25, 0.3) is 0 Å². The lowest BCUT2D eigenvalue weighted by molar-refractivity contribution is -0.157. The van der Waals surface area contributed by atoms with Crippen LogP contribution in [0.2, 0.25) is 0 Å². The first-order valence-corrected chi connectivity index (χ1v) is 6.25. The van der Waals surface area contributed by atoms with Crippen LogP contribution >= 0.6 is 0 Å². The van der Waals surface area contributed by atoms with Crippen molar-refractivity contribution in [1.82, 2.24) is 0 Å². The van der Waals surface area contributed by atoms with Crippen molar-refractivity contribution < 1.29 is 14.6 Å². The summed E-state index contributed by atoms with van der Waals surface area (Å²) < 4.78 is 5.14. The summed E-state index contributed by atoms with van der Waals surface area (Å²) in [4.78, 5) is 11.4. The predicted molar refractivity (Wildman–Crippen MR) is 65.2 cm³/mol. The Kier molecular flexibility index (Phi) is 7.39. The molecule has 0 spiro atoms. The first kappa shape index (κ1) is 15.4. The second-order valence-electron chi connectivity index (χ2n) is 5.29. The van der Waals surface area contributed by atoms with E-state index in [0.717, 1.165) is 12.8 Å². The number of aliphatic hydroxyl groups excluding tert-OH is 1. The second-order valence-corrected chi connectivity index (χ2v) is 5.29. The van der Waals surface area contributed by atoms with E-state index in [9.17, 15) is 9.90 Å². The van der Waals surface area contributed by atoms with Crippen LogP contribution in [-0.2, 0) is 9.53 Å². The molecular weight excluding hydrogens is 204 g/mol. The maximum atomic E-state index is 11.4. The summed E-state index contributed by atoms with van der Waals surface area (Å²) in [7, 11) is 0. The molecule has 0 aromatic carbocycles. The standard InChI is InChI=1S/C13H26O3/c1-5-6-7-8-9-11(14)10-12(15)16-13(2,3)4/h11,14H,5-10H2,1-4H3/t11-/m1/s1. The normalized spacial score (nSPS) is 13.6. The lowest BCUT2D eigenvalue weighted by atomic mass is 10.1. The van der Waals surface area contributed by atoms with Gasteiger partial charge in [-0.15, -0.1) is 0 Å². The summed E-state index contributed by atoms with van der Waals surface area (Å²) in [5.74, 6) is -0.310. The van der Waals surface area contributed by atoms with Crippen LogP contribution in [0, 0.1) is 0 Å². The van der Waals surface area contributed by atoms with E-state index < -0.39 is 11.7 Å². The number of hydrogen-bond donors (Lipinski definition) is 1. The SMILES string of the molecule is CCCCCC[C@@H](O)CC(=O)OC(C)(C)C. The lowest BCUT2D eigenvalue weighted by Gasteiger charge is -2.20. The highest BCUT2D eigenvalue weighted by molar-refractivity contribution is 5.70. The minimum Gasteiger partial charge on any atom is -0.460 e. The molecule has 0 radical (unpaired) electrons. The zero-order valence-corrected chi connectivity index (χ0v) is 11.1. The number of esters is 1. The summed E-state index contributed by atoms with van der Waals surface area (Å²) in [6.07, 6.45) is 4.75. The molecule has 0 fully saturated rings. The van der Waals surface area contributed by atoms with Gasteiger partial charge < -0.3 is 9.84 Å². The summed E-state index contributed by atoms with van der Waals surface area (Å²) in [6.45, 7) is 7.65. The van der Waals surface area contributed by atoms with Crippen LogP contribution in [0.4, 0.5) is 0 Å². The first-order valence-electron chi connectivity index (χ1n) is 6.25. The highest BCUT2D eigenvalue weighted by atomic mass is 16.6. The van der Waals surface area contributed by atoms with E-state index in [4.69, 9.17) is 4.74 Å². The molecule has 1 N–H and O–H groups in total. The fourth-order valence-corrected chi connectivity index (χ4v) is 1.48. The molecule has 0 saturated heterocycles. The Morgan fingerprint density at radius 2 is 1.88 bits per heavy atom. The van der Waals surface area contributed by atoms with Gasteiger partial charge in [-0.05, 0) is 27.2 Å². The molecule has 0 aliphatic carbocycles. The monoisotopic (exact) mass is 230 g/mol. The Hall–Kier alpha value is -0.570. The molecule has 0 rings (SSSR count). The Morgan fingerprint density at radius 1 is 1.25 bits per heavy atom. The third kappa shape index (κ3) is 9.97. The summed E-state index contributed by atoms with van der Waals surface area (Å²) >= 11 is 0. The highest BCUT2D eigenvalue weighted by Crippen LogP contribution is 2.12. The molecule has 0 amide bonds. The van der Waals surface area contributed by atoms with E-state index in [2.05, 4.69) is 6.92 Å². The van der Waals surface area contributed by atoms with E-state index in [1.807, 2.05) is 20.8 Å². The van der Waals surface area contributed by atoms with Gasteiger partial charge in [0.15, 0.2) is 0 Å². The van der Waals surface area contributed by atoms with E-state index >= 15 is 0 Å². The number of carbonyl (C=O) groups is 1. The maximum Gasteiger partial charge on any atom is 0.308 e. The molecule has 16 heavy (non-hydrogen) atoms. The average Bonchev–Trinajstić information content (AvgIpc) is 2.09. The average molecular weight is 230 g/mol. The topological polar surface area (TPSA) is 46.5 Å². The minimum atomic E-state index is -0.549. The number of aliphatic hydroxyl groups is 1. The summed E-state index contributed by atoms with van der Waals surface area (Å²) in [5, 5.41) is 9.61. The second kappa shape index (κ2) is 7.66. The number of rotatable bonds is 7. The van der Waals surface area contributed by atoms with Crippen molar-refractivity contribution in [3.05, 3.63) is 0 Å². The van der Waals surface area contributed by atoms with Gasteiger partial charge in [-0.3, -0.25) is 4.79 Å². The smallest absolute Gasteiger partial charge is 0.308 e. The van der Waals surface area contributed by atoms with Crippen molar-refractivity contribution in [1.29, 1.82) is 0 Å². The Balaban J connectivity index is 3.62. The van der Waals surface area contributed by atoms with Gasteiger partial charge in [0, 0.05) is 0 Å². The predicted octanol–water partition coefficient (Wildman–Crippen LogP) is 3.05. The molecule has 0 aliphatic rings. The molecule has 0 aliphatic heterocycles. The van der Waals surface area contributed by atoms with Crippen LogP contribution < -0.4 is 0 Å². The molecule has 0 bridgehead atoms. The number of carbonyl (C=O) groups excluding carboxylic acids is 1. The third-order valence-corrected chi connectivity index (χ3v) is 2.21. The molecule has 3 nitrogen and oxygen atoms in total. The zero-order chi connectivity index (χ0) is 12.6. The number of hydrogen-bond acceptors (Lipinski definition) is 3. The Morgan fingerprint density at radius 3 is 2.38 bits per heavy atom. The Labute approximate surface area is 99.2 Å². The molecule has 96 valence electrons. The fraction of sp³-hybridized carbons (Fsp3) is 0.923. The molecule has 0 aromatic heterocycles. The van der Waals surface area contributed by atoms with Crippen LogP contribution in [0.15, 0.2) is 0 Å². The Bertz CT molecular complexity index is 194. The van der Waals surface area contributed by atoms with Crippen molar-refractivity contribution >= 4 is 5.97 Å². The van der Waals surface area contributed by atoms with Gasteiger partial charge >= 0.3 is 5.97 Å².